The fourth-order valence-electron chi connectivity index (χ4n) is 8.12. The number of sulfone groups is 1. The van der Waals surface area contributed by atoms with Crippen LogP contribution in [0.3, 0.4) is 0 Å². The Morgan fingerprint density at radius 1 is 0.980 bits per heavy atom. The number of hydrogen-bond acceptors (Lipinski definition) is 7. The monoisotopic (exact) mass is 699 g/mol. The van der Waals surface area contributed by atoms with Crippen molar-refractivity contribution in [2.75, 3.05) is 12.3 Å². The molecule has 4 fully saturated rings. The number of nitrogens with one attached hydrogen (secondary N) is 3. The quantitative estimate of drug-likeness (QED) is 0.228. The molecule has 1 unspecified atom stereocenters. The first kappa shape index (κ1) is 36.8. The molecule has 270 valence electrons. The van der Waals surface area contributed by atoms with Gasteiger partial charge in [0.2, 0.25) is 17.6 Å². The number of piperidine rings is 1. The first-order valence-corrected chi connectivity index (χ1v) is 19.3. The van der Waals surface area contributed by atoms with Crippen LogP contribution in [-0.2, 0) is 29.0 Å². The second kappa shape index (κ2) is 13.7. The van der Waals surface area contributed by atoms with Crippen molar-refractivity contribution >= 4 is 39.4 Å². The number of carbonyl (C=O) groups excluding carboxylic acids is 5. The first-order chi connectivity index (χ1) is 22.9. The minimum absolute atomic E-state index is 0.0624. The molecule has 12 nitrogen and oxygen atoms in total. The molecule has 13 heteroatoms. The summed E-state index contributed by atoms with van der Waals surface area (Å²) in [5.74, 6) is -2.82. The molecule has 3 aliphatic carbocycles. The van der Waals surface area contributed by atoms with Gasteiger partial charge in [-0.2, -0.15) is 0 Å². The smallest absolute Gasteiger partial charge is 0.315 e. The highest BCUT2D eigenvalue weighted by Gasteiger charge is 2.70. The average Bonchev–Trinajstić information content (AvgIpc) is 3.89. The van der Waals surface area contributed by atoms with E-state index in [0.29, 0.717) is 25.8 Å². The number of hydrogen-bond donors (Lipinski definition) is 4. The van der Waals surface area contributed by atoms with Gasteiger partial charge < -0.3 is 26.6 Å². The fourth-order valence-corrected chi connectivity index (χ4v) is 9.59. The number of carbonyl (C=O) groups is 5. The summed E-state index contributed by atoms with van der Waals surface area (Å²) in [6, 6.07) is 4.78. The van der Waals surface area contributed by atoms with Crippen LogP contribution in [0.5, 0.6) is 0 Å². The Morgan fingerprint density at radius 3 is 2.18 bits per heavy atom. The molecule has 5 amide bonds. The Bertz CT molecular complexity index is 1560. The predicted octanol–water partition coefficient (Wildman–Crippen LogP) is 3.09. The van der Waals surface area contributed by atoms with Crippen LogP contribution in [0.4, 0.5) is 4.79 Å². The molecule has 5 N–H and O–H groups in total. The lowest BCUT2D eigenvalue weighted by atomic mass is 9.79. The Labute approximate surface area is 290 Å². The van der Waals surface area contributed by atoms with E-state index < -0.39 is 68.5 Å². The van der Waals surface area contributed by atoms with Crippen LogP contribution in [0.15, 0.2) is 35.2 Å². The van der Waals surface area contributed by atoms with Gasteiger partial charge in [-0.15, -0.1) is 0 Å². The zero-order chi connectivity index (χ0) is 35.9. The molecular weight excluding hydrogens is 646 g/mol. The number of rotatable bonds is 13. The molecule has 0 aromatic heterocycles. The van der Waals surface area contributed by atoms with E-state index in [4.69, 9.17) is 5.73 Å². The number of primary amides is 1. The molecule has 1 aliphatic heterocycles. The van der Waals surface area contributed by atoms with Crippen LogP contribution < -0.4 is 21.7 Å². The lowest BCUT2D eigenvalue weighted by Gasteiger charge is -2.41. The SMILES string of the molecule is CC(C)(C)[C@H](NC(=O)NC1(CCS(=O)(=O)c2ccccc2)CCCCC1)C(=O)N1C[C@H]2[C@@H]([C@H]1C(=O)NC(CC1CC1)C(=O)C(N)=O)C2(C)C. The number of Topliss-reactive ketones (excluding diaryl/α,β-unsaturated/α-hetero) is 1. The van der Waals surface area contributed by atoms with Crippen LogP contribution >= 0.6 is 0 Å². The number of fused-ring (bicyclic) bond motifs is 1. The number of amides is 5. The van der Waals surface area contributed by atoms with Crippen molar-refractivity contribution in [1.29, 1.82) is 0 Å². The maximum atomic E-state index is 14.4. The number of nitrogens with two attached hydrogens (primary N) is 1. The highest BCUT2D eigenvalue weighted by Crippen LogP contribution is 2.65. The summed E-state index contributed by atoms with van der Waals surface area (Å²) in [7, 11) is -3.57. The molecule has 3 saturated carbocycles. The average molecular weight is 700 g/mol. The lowest BCUT2D eigenvalue weighted by Crippen LogP contribution is -2.63. The molecule has 1 heterocycles. The van der Waals surface area contributed by atoms with Gasteiger partial charge in [0, 0.05) is 12.1 Å². The predicted molar refractivity (Wildman–Crippen MR) is 184 cm³/mol. The number of urea groups is 1. The molecule has 49 heavy (non-hydrogen) atoms. The summed E-state index contributed by atoms with van der Waals surface area (Å²) in [6.45, 7) is 9.94. The van der Waals surface area contributed by atoms with Gasteiger partial charge in [-0.1, -0.05) is 84.9 Å². The minimum atomic E-state index is -3.57. The Hall–Kier alpha value is -3.48. The minimum Gasteiger partial charge on any atom is -0.363 e. The maximum Gasteiger partial charge on any atom is 0.315 e. The Balaban J connectivity index is 1.32. The highest BCUT2D eigenvalue weighted by atomic mass is 32.2. The van der Waals surface area contributed by atoms with Crippen molar-refractivity contribution in [2.24, 2.45) is 34.3 Å². The second-order valence-corrected chi connectivity index (χ2v) is 18.6. The van der Waals surface area contributed by atoms with Gasteiger partial charge in [-0.05, 0) is 66.4 Å². The summed E-state index contributed by atoms with van der Waals surface area (Å²) >= 11 is 0. The molecule has 0 spiro atoms. The molecule has 1 aromatic rings. The van der Waals surface area contributed by atoms with Gasteiger partial charge in [0.25, 0.3) is 5.91 Å². The third-order valence-corrected chi connectivity index (χ3v) is 13.2. The zero-order valence-corrected chi connectivity index (χ0v) is 30.2. The van der Waals surface area contributed by atoms with E-state index >= 15 is 0 Å². The largest absolute Gasteiger partial charge is 0.363 e. The molecule has 5 rings (SSSR count). The van der Waals surface area contributed by atoms with E-state index in [9.17, 15) is 32.4 Å². The zero-order valence-electron chi connectivity index (χ0n) is 29.4. The molecule has 4 aliphatic rings. The lowest BCUT2D eigenvalue weighted by molar-refractivity contribution is -0.145. The number of ketones is 1. The van der Waals surface area contributed by atoms with Crippen molar-refractivity contribution in [3.8, 4) is 0 Å². The summed E-state index contributed by atoms with van der Waals surface area (Å²) in [6.07, 6.45) is 6.31. The van der Waals surface area contributed by atoms with Crippen LogP contribution in [0, 0.1) is 28.6 Å². The molecule has 5 atom stereocenters. The molecule has 1 aromatic carbocycles. The van der Waals surface area contributed by atoms with Crippen LogP contribution in [-0.4, -0.2) is 78.8 Å². The van der Waals surface area contributed by atoms with Gasteiger partial charge in [-0.25, -0.2) is 13.2 Å². The van der Waals surface area contributed by atoms with E-state index in [1.54, 1.807) is 30.3 Å². The van der Waals surface area contributed by atoms with Crippen LogP contribution in [0.2, 0.25) is 0 Å². The normalized spacial score (nSPS) is 25.3. The summed E-state index contributed by atoms with van der Waals surface area (Å²) in [4.78, 5) is 68.3. The van der Waals surface area contributed by atoms with Crippen LogP contribution in [0.25, 0.3) is 0 Å². The van der Waals surface area contributed by atoms with Gasteiger partial charge in [-0.3, -0.25) is 19.2 Å². The van der Waals surface area contributed by atoms with Crippen molar-refractivity contribution in [2.45, 2.75) is 121 Å². The van der Waals surface area contributed by atoms with Crippen molar-refractivity contribution in [3.05, 3.63) is 30.3 Å². The Kier molecular flexibility index (Phi) is 10.3. The van der Waals surface area contributed by atoms with Crippen LogP contribution in [0.1, 0.15) is 92.4 Å². The molecule has 0 bridgehead atoms. The standard InChI is InChI=1S/C36H53N5O7S/c1-34(2,3)29(39-33(46)40-36(16-10-7-11-17-36)18-19-49(47,48)23-12-8-6-9-13-23)32(45)41-21-24-26(35(24,4)5)27(41)31(44)38-25(20-22-14-15-22)28(42)30(37)43/h6,8-9,12-13,22,24-27,29H,7,10-11,14-21H2,1-5H3,(H2,37,43)(H,38,44)(H2,39,40,46)/t24-,25?,26-,27-,29+/m0/s1. The highest BCUT2D eigenvalue weighted by molar-refractivity contribution is 7.91. The van der Waals surface area contributed by atoms with E-state index in [-0.39, 0.29) is 40.2 Å². The van der Waals surface area contributed by atoms with E-state index in [1.165, 1.54) is 4.90 Å². The third kappa shape index (κ3) is 8.13. The number of nitrogens with zero attached hydrogens (tertiary/aromatic N) is 1. The first-order valence-electron chi connectivity index (χ1n) is 17.7. The van der Waals surface area contributed by atoms with Gasteiger partial charge in [0.05, 0.1) is 16.7 Å². The maximum absolute atomic E-state index is 14.4. The van der Waals surface area contributed by atoms with Crippen molar-refractivity contribution < 1.29 is 32.4 Å². The van der Waals surface area contributed by atoms with Gasteiger partial charge in [0.15, 0.2) is 9.84 Å². The van der Waals surface area contributed by atoms with E-state index in [0.717, 1.165) is 32.1 Å². The summed E-state index contributed by atoms with van der Waals surface area (Å²) in [5, 5.41) is 8.79. The fraction of sp³-hybridized carbons (Fsp3) is 0.694. The number of benzene rings is 1. The molecule has 1 saturated heterocycles. The summed E-state index contributed by atoms with van der Waals surface area (Å²) in [5.41, 5.74) is 3.62. The van der Waals surface area contributed by atoms with Gasteiger partial charge in [0.1, 0.15) is 12.1 Å². The second-order valence-electron chi connectivity index (χ2n) is 16.5. The van der Waals surface area contributed by atoms with Crippen molar-refractivity contribution in [3.63, 3.8) is 0 Å². The topological polar surface area (TPSA) is 185 Å². The Morgan fingerprint density at radius 2 is 1.61 bits per heavy atom. The van der Waals surface area contributed by atoms with Crippen molar-refractivity contribution in [1.82, 2.24) is 20.9 Å². The summed E-state index contributed by atoms with van der Waals surface area (Å²) < 4.78 is 26.3. The molecule has 0 radical (unpaired) electrons. The molecular formula is C36H53N5O7S. The van der Waals surface area contributed by atoms with E-state index in [1.807, 2.05) is 20.8 Å². The number of likely N-dealkylation sites (tertiary alicyclic amines) is 1. The third-order valence-electron chi connectivity index (χ3n) is 11.4. The van der Waals surface area contributed by atoms with E-state index in [2.05, 4.69) is 29.8 Å². The van der Waals surface area contributed by atoms with Gasteiger partial charge >= 0.3 is 6.03 Å².